The molecule has 6 heteroatoms. The van der Waals surface area contributed by atoms with Gasteiger partial charge in [0, 0.05) is 16.9 Å². The molecule has 0 saturated heterocycles. The third-order valence-electron chi connectivity index (χ3n) is 3.30. The first-order valence-electron chi connectivity index (χ1n) is 6.74. The van der Waals surface area contributed by atoms with E-state index >= 15 is 0 Å². The first-order chi connectivity index (χ1) is 10.6. The predicted octanol–water partition coefficient (Wildman–Crippen LogP) is 2.58. The van der Waals surface area contributed by atoms with Crippen molar-refractivity contribution < 1.29 is 14.8 Å². The molecule has 2 N–H and O–H groups in total. The van der Waals surface area contributed by atoms with E-state index in [-0.39, 0.29) is 12.2 Å². The van der Waals surface area contributed by atoms with Crippen molar-refractivity contribution in [2.45, 2.75) is 6.42 Å². The van der Waals surface area contributed by atoms with Crippen LogP contribution in [-0.4, -0.2) is 22.9 Å². The Labute approximate surface area is 136 Å². The summed E-state index contributed by atoms with van der Waals surface area (Å²) >= 11 is 3.12. The summed E-state index contributed by atoms with van der Waals surface area (Å²) in [5, 5.41) is 22.4. The Kier molecular flexibility index (Phi) is 4.54. The SMILES string of the molecule is O=C(Cc1cccc(B(O)O)c1)c1ccc(-c2ccsc2)s1. The molecule has 0 atom stereocenters. The molecule has 0 aliphatic heterocycles. The van der Waals surface area contributed by atoms with Gasteiger partial charge in [-0.2, -0.15) is 11.3 Å². The molecule has 3 rings (SSSR count). The van der Waals surface area contributed by atoms with Gasteiger partial charge in [0.2, 0.25) is 0 Å². The molecule has 110 valence electrons. The summed E-state index contributed by atoms with van der Waals surface area (Å²) < 4.78 is 0. The molecule has 0 bridgehead atoms. The minimum Gasteiger partial charge on any atom is -0.423 e. The Morgan fingerprint density at radius 2 is 2.00 bits per heavy atom. The maximum absolute atomic E-state index is 12.4. The topological polar surface area (TPSA) is 57.5 Å². The second kappa shape index (κ2) is 6.58. The molecule has 0 spiro atoms. The first kappa shape index (κ1) is 15.2. The van der Waals surface area contributed by atoms with E-state index in [0.29, 0.717) is 5.46 Å². The van der Waals surface area contributed by atoms with Crippen molar-refractivity contribution in [2.24, 2.45) is 0 Å². The number of thiophene rings is 2. The number of hydrogen-bond donors (Lipinski definition) is 2. The van der Waals surface area contributed by atoms with Gasteiger partial charge in [-0.3, -0.25) is 4.79 Å². The Balaban J connectivity index is 1.76. The van der Waals surface area contributed by atoms with Gasteiger partial charge in [-0.25, -0.2) is 0 Å². The van der Waals surface area contributed by atoms with Crippen LogP contribution in [0.5, 0.6) is 0 Å². The third kappa shape index (κ3) is 3.36. The zero-order valence-corrected chi connectivity index (χ0v) is 13.2. The van der Waals surface area contributed by atoms with Crippen LogP contribution in [0.15, 0.2) is 53.2 Å². The van der Waals surface area contributed by atoms with Crippen molar-refractivity contribution in [3.63, 3.8) is 0 Å². The van der Waals surface area contributed by atoms with E-state index in [1.807, 2.05) is 29.6 Å². The minimum atomic E-state index is -1.51. The number of carbonyl (C=O) groups excluding carboxylic acids is 1. The van der Waals surface area contributed by atoms with E-state index < -0.39 is 7.12 Å². The lowest BCUT2D eigenvalue weighted by molar-refractivity contribution is 0.0997. The van der Waals surface area contributed by atoms with Crippen LogP contribution in [0, 0.1) is 0 Å². The molecule has 3 aromatic rings. The lowest BCUT2D eigenvalue weighted by Gasteiger charge is -2.03. The van der Waals surface area contributed by atoms with E-state index in [1.54, 1.807) is 29.5 Å². The molecule has 0 saturated carbocycles. The fraction of sp³-hybridized carbons (Fsp3) is 0.0625. The summed E-state index contributed by atoms with van der Waals surface area (Å²) in [4.78, 5) is 14.2. The van der Waals surface area contributed by atoms with Crippen LogP contribution >= 0.6 is 22.7 Å². The number of hydrogen-bond acceptors (Lipinski definition) is 5. The molecule has 0 amide bonds. The second-order valence-electron chi connectivity index (χ2n) is 4.89. The van der Waals surface area contributed by atoms with Crippen LogP contribution < -0.4 is 5.46 Å². The molecule has 2 aromatic heterocycles. The summed E-state index contributed by atoms with van der Waals surface area (Å²) in [6, 6.07) is 12.7. The van der Waals surface area contributed by atoms with Crippen molar-refractivity contribution in [2.75, 3.05) is 0 Å². The number of ketones is 1. The second-order valence-corrected chi connectivity index (χ2v) is 6.76. The highest BCUT2D eigenvalue weighted by Crippen LogP contribution is 2.30. The fourth-order valence-electron chi connectivity index (χ4n) is 2.18. The molecule has 0 fully saturated rings. The number of carbonyl (C=O) groups is 1. The summed E-state index contributed by atoms with van der Waals surface area (Å²) in [5.41, 5.74) is 2.32. The largest absolute Gasteiger partial charge is 0.488 e. The van der Waals surface area contributed by atoms with Gasteiger partial charge in [0.1, 0.15) is 0 Å². The van der Waals surface area contributed by atoms with Crippen molar-refractivity contribution in [1.29, 1.82) is 0 Å². The van der Waals surface area contributed by atoms with Crippen molar-refractivity contribution in [1.82, 2.24) is 0 Å². The fourth-order valence-corrected chi connectivity index (χ4v) is 3.85. The van der Waals surface area contributed by atoms with Crippen molar-refractivity contribution >= 4 is 41.0 Å². The van der Waals surface area contributed by atoms with Gasteiger partial charge in [0.15, 0.2) is 5.78 Å². The van der Waals surface area contributed by atoms with Crippen LogP contribution in [0.2, 0.25) is 0 Å². The van der Waals surface area contributed by atoms with E-state index in [9.17, 15) is 14.8 Å². The third-order valence-corrected chi connectivity index (χ3v) is 5.16. The van der Waals surface area contributed by atoms with E-state index in [1.165, 1.54) is 11.3 Å². The Morgan fingerprint density at radius 3 is 2.73 bits per heavy atom. The van der Waals surface area contributed by atoms with Gasteiger partial charge in [-0.05, 0) is 40.0 Å². The smallest absolute Gasteiger partial charge is 0.423 e. The van der Waals surface area contributed by atoms with Crippen molar-refractivity contribution in [3.8, 4) is 10.4 Å². The highest BCUT2D eigenvalue weighted by molar-refractivity contribution is 7.17. The van der Waals surface area contributed by atoms with Gasteiger partial charge in [0.25, 0.3) is 0 Å². The van der Waals surface area contributed by atoms with E-state index in [2.05, 4.69) is 5.38 Å². The zero-order valence-electron chi connectivity index (χ0n) is 11.6. The molecule has 2 heterocycles. The molecule has 1 aromatic carbocycles. The predicted molar refractivity (Wildman–Crippen MR) is 91.9 cm³/mol. The number of benzene rings is 1. The lowest BCUT2D eigenvalue weighted by atomic mass is 9.79. The summed E-state index contributed by atoms with van der Waals surface area (Å²) in [6.45, 7) is 0. The monoisotopic (exact) mass is 328 g/mol. The minimum absolute atomic E-state index is 0.0380. The maximum Gasteiger partial charge on any atom is 0.488 e. The van der Waals surface area contributed by atoms with Crippen molar-refractivity contribution in [3.05, 3.63) is 63.7 Å². The molecule has 0 unspecified atom stereocenters. The van der Waals surface area contributed by atoms with Gasteiger partial charge >= 0.3 is 7.12 Å². The average Bonchev–Trinajstić information content (AvgIpc) is 3.18. The highest BCUT2D eigenvalue weighted by Gasteiger charge is 2.14. The lowest BCUT2D eigenvalue weighted by Crippen LogP contribution is -2.30. The number of rotatable bonds is 5. The van der Waals surface area contributed by atoms with Crippen LogP contribution in [0.4, 0.5) is 0 Å². The Morgan fingerprint density at radius 1 is 1.14 bits per heavy atom. The average molecular weight is 328 g/mol. The Bertz CT molecular complexity index is 778. The molecule has 0 aliphatic rings. The van der Waals surface area contributed by atoms with Crippen LogP contribution in [-0.2, 0) is 6.42 Å². The normalized spacial score (nSPS) is 10.6. The standard InChI is InChI=1S/C16H13BO3S2/c18-14(9-11-2-1-3-13(8-11)17(19)20)16-5-4-15(22-16)12-6-7-21-10-12/h1-8,10,19-20H,9H2. The zero-order chi connectivity index (χ0) is 15.5. The van der Waals surface area contributed by atoms with Gasteiger partial charge < -0.3 is 10.0 Å². The van der Waals surface area contributed by atoms with Gasteiger partial charge in [0.05, 0.1) is 4.88 Å². The summed E-state index contributed by atoms with van der Waals surface area (Å²) in [7, 11) is -1.51. The van der Waals surface area contributed by atoms with Crippen LogP contribution in [0.25, 0.3) is 10.4 Å². The quantitative estimate of drug-likeness (QED) is 0.559. The van der Waals surface area contributed by atoms with Gasteiger partial charge in [-0.1, -0.05) is 24.3 Å². The molecule has 3 nitrogen and oxygen atoms in total. The first-order valence-corrected chi connectivity index (χ1v) is 8.50. The van der Waals surface area contributed by atoms with Crippen LogP contribution in [0.3, 0.4) is 0 Å². The maximum atomic E-state index is 12.4. The van der Waals surface area contributed by atoms with E-state index in [4.69, 9.17) is 0 Å². The summed E-state index contributed by atoms with van der Waals surface area (Å²) in [5.74, 6) is 0.0380. The molecule has 22 heavy (non-hydrogen) atoms. The molecular formula is C16H13BO3S2. The molecule has 0 radical (unpaired) electrons. The van der Waals surface area contributed by atoms with Gasteiger partial charge in [-0.15, -0.1) is 11.3 Å². The van der Waals surface area contributed by atoms with E-state index in [0.717, 1.165) is 20.9 Å². The molecular weight excluding hydrogens is 315 g/mol. The highest BCUT2D eigenvalue weighted by atomic mass is 32.1. The van der Waals surface area contributed by atoms with Crippen LogP contribution in [0.1, 0.15) is 15.2 Å². The Hall–Kier alpha value is -1.73. The summed E-state index contributed by atoms with van der Waals surface area (Å²) in [6.07, 6.45) is 0.254. The molecule has 0 aliphatic carbocycles. The number of Topliss-reactive ketones (excluding diaryl/α,β-unsaturated/α-hetero) is 1.